The number of ketones is 1. The summed E-state index contributed by atoms with van der Waals surface area (Å²) in [4.78, 5) is 36.0. The number of nitrogens with one attached hydrogen (secondary N) is 1. The van der Waals surface area contributed by atoms with Crippen molar-refractivity contribution in [1.82, 2.24) is 5.32 Å². The normalized spacial score (nSPS) is 15.0. The van der Waals surface area contributed by atoms with Gasteiger partial charge in [-0.2, -0.15) is 0 Å². The van der Waals surface area contributed by atoms with E-state index in [2.05, 4.69) is 5.32 Å². The maximum absolute atomic E-state index is 12.9. The van der Waals surface area contributed by atoms with Gasteiger partial charge < -0.3 is 10.4 Å². The van der Waals surface area contributed by atoms with Gasteiger partial charge in [0.1, 0.15) is 0 Å². The van der Waals surface area contributed by atoms with E-state index in [0.717, 1.165) is 41.5 Å². The first-order chi connectivity index (χ1) is 16.0. The summed E-state index contributed by atoms with van der Waals surface area (Å²) in [5, 5.41) is 12.3. The van der Waals surface area contributed by atoms with Gasteiger partial charge in [0.15, 0.2) is 0 Å². The Morgan fingerprint density at radius 1 is 0.879 bits per heavy atom. The lowest BCUT2D eigenvalue weighted by Crippen LogP contribution is -2.30. The van der Waals surface area contributed by atoms with Gasteiger partial charge >= 0.3 is 5.97 Å². The van der Waals surface area contributed by atoms with Gasteiger partial charge in [-0.25, -0.2) is 4.79 Å². The van der Waals surface area contributed by atoms with Gasteiger partial charge in [-0.05, 0) is 53.9 Å². The molecule has 1 aliphatic rings. The van der Waals surface area contributed by atoms with Crippen LogP contribution >= 0.6 is 0 Å². The molecule has 0 heterocycles. The minimum atomic E-state index is -1.42. The minimum absolute atomic E-state index is 0.00769. The number of carbonyl (C=O) groups is 3. The van der Waals surface area contributed by atoms with Crippen LogP contribution in [-0.4, -0.2) is 22.8 Å². The van der Waals surface area contributed by atoms with Gasteiger partial charge in [0.25, 0.3) is 5.78 Å². The molecule has 0 aliphatic heterocycles. The summed E-state index contributed by atoms with van der Waals surface area (Å²) >= 11 is 0. The number of hydrogen-bond donors (Lipinski definition) is 2. The molecule has 33 heavy (non-hydrogen) atoms. The van der Waals surface area contributed by atoms with Crippen molar-refractivity contribution in [2.75, 3.05) is 0 Å². The van der Waals surface area contributed by atoms with Crippen LogP contribution in [0.1, 0.15) is 57.9 Å². The molecule has 1 amide bonds. The van der Waals surface area contributed by atoms with E-state index in [1.165, 1.54) is 0 Å². The van der Waals surface area contributed by atoms with Crippen LogP contribution in [0.5, 0.6) is 0 Å². The fraction of sp³-hybridized carbons (Fsp3) is 0.250. The number of hydrogen-bond acceptors (Lipinski definition) is 3. The van der Waals surface area contributed by atoms with Gasteiger partial charge in [-0.3, -0.25) is 9.59 Å². The Kier molecular flexibility index (Phi) is 6.98. The predicted octanol–water partition coefficient (Wildman–Crippen LogP) is 4.74. The quantitative estimate of drug-likeness (QED) is 0.391. The molecular weight excluding hydrogens is 414 g/mol. The van der Waals surface area contributed by atoms with Crippen LogP contribution in [0.25, 0.3) is 0 Å². The monoisotopic (exact) mass is 441 g/mol. The summed E-state index contributed by atoms with van der Waals surface area (Å²) in [6.45, 7) is 0. The Bertz CT molecular complexity index is 1100. The lowest BCUT2D eigenvalue weighted by atomic mass is 9.79. The lowest BCUT2D eigenvalue weighted by Gasteiger charge is -2.26. The molecule has 1 aliphatic carbocycles. The van der Waals surface area contributed by atoms with Crippen molar-refractivity contribution >= 4 is 17.7 Å². The van der Waals surface area contributed by atoms with Crippen LogP contribution in [0.2, 0.25) is 0 Å². The van der Waals surface area contributed by atoms with Crippen molar-refractivity contribution in [2.45, 2.75) is 38.1 Å². The molecule has 168 valence electrons. The molecule has 4 rings (SSSR count). The summed E-state index contributed by atoms with van der Waals surface area (Å²) in [6, 6.07) is 25.0. The highest BCUT2D eigenvalue weighted by molar-refractivity contribution is 6.40. The van der Waals surface area contributed by atoms with E-state index in [9.17, 15) is 14.4 Å². The smallest absolute Gasteiger partial charge is 0.377 e. The molecule has 3 aromatic carbocycles. The van der Waals surface area contributed by atoms with Gasteiger partial charge in [0.2, 0.25) is 5.91 Å². The van der Waals surface area contributed by atoms with Gasteiger partial charge in [-0.15, -0.1) is 0 Å². The van der Waals surface area contributed by atoms with Crippen LogP contribution in [0.15, 0.2) is 78.9 Å². The fourth-order valence-corrected chi connectivity index (χ4v) is 4.68. The third-order valence-corrected chi connectivity index (χ3v) is 6.37. The molecule has 0 bridgehead atoms. The molecule has 1 atom stereocenters. The van der Waals surface area contributed by atoms with E-state index in [1.54, 1.807) is 12.1 Å². The Labute approximate surface area is 193 Å². The Morgan fingerprint density at radius 3 is 2.12 bits per heavy atom. The molecule has 0 spiro atoms. The van der Waals surface area contributed by atoms with Crippen molar-refractivity contribution < 1.29 is 19.5 Å². The van der Waals surface area contributed by atoms with Crippen LogP contribution in [-0.2, 0) is 22.4 Å². The summed E-state index contributed by atoms with van der Waals surface area (Å²) in [7, 11) is 0. The number of Topliss-reactive ketones (excluding diaryl/α,β-unsaturated/α-hetero) is 1. The molecule has 0 radical (unpaired) electrons. The molecule has 0 fully saturated rings. The first kappa shape index (κ1) is 22.5. The van der Waals surface area contributed by atoms with E-state index < -0.39 is 11.8 Å². The highest BCUT2D eigenvalue weighted by Gasteiger charge is 2.26. The maximum atomic E-state index is 12.9. The third-order valence-electron chi connectivity index (χ3n) is 6.37. The predicted molar refractivity (Wildman–Crippen MR) is 126 cm³/mol. The fourth-order valence-electron chi connectivity index (χ4n) is 4.68. The minimum Gasteiger partial charge on any atom is -0.475 e. The van der Waals surface area contributed by atoms with Crippen LogP contribution in [0.4, 0.5) is 0 Å². The lowest BCUT2D eigenvalue weighted by molar-refractivity contribution is -0.131. The Morgan fingerprint density at radius 2 is 1.52 bits per heavy atom. The van der Waals surface area contributed by atoms with E-state index in [0.29, 0.717) is 24.3 Å². The average Bonchev–Trinajstić information content (AvgIpc) is 2.86. The molecule has 5 nitrogen and oxygen atoms in total. The topological polar surface area (TPSA) is 83.5 Å². The second-order valence-corrected chi connectivity index (χ2v) is 8.55. The Hall–Kier alpha value is -3.73. The summed E-state index contributed by atoms with van der Waals surface area (Å²) in [5.74, 6) is -1.94. The van der Waals surface area contributed by atoms with E-state index >= 15 is 0 Å². The van der Waals surface area contributed by atoms with Crippen LogP contribution < -0.4 is 5.32 Å². The zero-order valence-corrected chi connectivity index (χ0v) is 18.4. The maximum Gasteiger partial charge on any atom is 0.377 e. The summed E-state index contributed by atoms with van der Waals surface area (Å²) in [5.41, 5.74) is 4.24. The molecular formula is C28H27NO4. The number of fused-ring (bicyclic) bond motifs is 1. The van der Waals surface area contributed by atoms with Crippen LogP contribution in [0.3, 0.4) is 0 Å². The molecule has 2 N–H and O–H groups in total. The van der Waals surface area contributed by atoms with E-state index in [1.807, 2.05) is 66.7 Å². The first-order valence-corrected chi connectivity index (χ1v) is 11.3. The van der Waals surface area contributed by atoms with Crippen molar-refractivity contribution in [3.8, 4) is 0 Å². The second kappa shape index (κ2) is 10.3. The third kappa shape index (κ3) is 5.37. The Balaban J connectivity index is 1.40. The zero-order valence-electron chi connectivity index (χ0n) is 18.4. The number of aliphatic carboxylic acids is 1. The number of carbonyl (C=O) groups excluding carboxylic acids is 2. The SMILES string of the molecule is O=C(CCC1CCc2c(cccc2C(=O)C(=O)O)C1)NC(c1ccccc1)c1ccccc1. The van der Waals surface area contributed by atoms with Crippen LogP contribution in [0, 0.1) is 5.92 Å². The van der Waals surface area contributed by atoms with Crippen molar-refractivity contribution in [2.24, 2.45) is 5.92 Å². The molecule has 0 saturated carbocycles. The number of benzene rings is 3. The van der Waals surface area contributed by atoms with E-state index in [-0.39, 0.29) is 11.9 Å². The standard InChI is InChI=1S/C28H27NO4/c30-25(29-26(20-8-3-1-4-9-20)21-10-5-2-6-11-21)17-15-19-14-16-23-22(18-19)12-7-13-24(23)27(31)28(32)33/h1-13,19,26H,14-18H2,(H,29,30)(H,32,33). The van der Waals surface area contributed by atoms with Crippen molar-refractivity contribution in [3.05, 3.63) is 107 Å². The molecule has 5 heteroatoms. The number of rotatable bonds is 8. The molecule has 0 saturated heterocycles. The molecule has 3 aromatic rings. The van der Waals surface area contributed by atoms with E-state index in [4.69, 9.17) is 5.11 Å². The van der Waals surface area contributed by atoms with Crippen molar-refractivity contribution in [1.29, 1.82) is 0 Å². The molecule has 1 unspecified atom stereocenters. The van der Waals surface area contributed by atoms with Gasteiger partial charge in [0, 0.05) is 12.0 Å². The van der Waals surface area contributed by atoms with Gasteiger partial charge in [-0.1, -0.05) is 78.9 Å². The summed E-state index contributed by atoms with van der Waals surface area (Å²) < 4.78 is 0. The largest absolute Gasteiger partial charge is 0.475 e. The average molecular weight is 442 g/mol. The first-order valence-electron chi connectivity index (χ1n) is 11.3. The number of amides is 1. The highest BCUT2D eigenvalue weighted by atomic mass is 16.4. The second-order valence-electron chi connectivity index (χ2n) is 8.55. The number of carboxylic acids is 1. The summed E-state index contributed by atoms with van der Waals surface area (Å²) in [6.07, 6.45) is 3.42. The van der Waals surface area contributed by atoms with Gasteiger partial charge in [0.05, 0.1) is 6.04 Å². The highest BCUT2D eigenvalue weighted by Crippen LogP contribution is 2.31. The zero-order chi connectivity index (χ0) is 23.2. The molecule has 0 aromatic heterocycles. The van der Waals surface area contributed by atoms with Crippen molar-refractivity contribution in [3.63, 3.8) is 0 Å². The number of carboxylic acid groups (broad SMARTS) is 1.